The molecule has 1 atom stereocenters. The third-order valence-electron chi connectivity index (χ3n) is 3.52. The number of pyridine rings is 1. The van der Waals surface area contributed by atoms with E-state index in [1.54, 1.807) is 12.3 Å². The van der Waals surface area contributed by atoms with Gasteiger partial charge in [-0.2, -0.15) is 0 Å². The summed E-state index contributed by atoms with van der Waals surface area (Å²) in [7, 11) is -5.45. The van der Waals surface area contributed by atoms with Gasteiger partial charge in [0, 0.05) is 18.5 Å². The Labute approximate surface area is 136 Å². The number of hydrogen-bond acceptors (Lipinski definition) is 5. The molecule has 0 spiro atoms. The lowest BCUT2D eigenvalue weighted by atomic mass is 10.2. The van der Waals surface area contributed by atoms with Crippen molar-refractivity contribution in [2.45, 2.75) is 5.51 Å². The maximum Gasteiger partial charge on any atom is 0.650 e. The van der Waals surface area contributed by atoms with Crippen molar-refractivity contribution in [3.8, 4) is 5.75 Å². The van der Waals surface area contributed by atoms with E-state index in [2.05, 4.69) is 9.17 Å². The highest BCUT2D eigenvalue weighted by atomic mass is 32.3. The Balaban J connectivity index is 1.90. The number of fused-ring (bicyclic) bond motifs is 1. The monoisotopic (exact) mass is 363 g/mol. The Bertz CT molecular complexity index is 793. The van der Waals surface area contributed by atoms with Crippen LogP contribution in [0.25, 0.3) is 10.9 Å². The second-order valence-corrected chi connectivity index (χ2v) is 6.73. The largest absolute Gasteiger partial charge is 0.650 e. The highest BCUT2D eigenvalue weighted by Crippen LogP contribution is 2.32. The summed E-state index contributed by atoms with van der Waals surface area (Å²) in [6.07, 6.45) is 1.67. The minimum atomic E-state index is -5.45. The van der Waals surface area contributed by atoms with Gasteiger partial charge in [0.25, 0.3) is 0 Å². The average molecular weight is 363 g/mol. The van der Waals surface area contributed by atoms with Crippen molar-refractivity contribution in [2.24, 2.45) is 0 Å². The number of ether oxygens (including phenoxy) is 1. The zero-order chi connectivity index (χ0) is 17.4. The van der Waals surface area contributed by atoms with Crippen molar-refractivity contribution >= 4 is 27.1 Å². The number of halogens is 3. The van der Waals surface area contributed by atoms with Crippen molar-refractivity contribution in [1.29, 1.82) is 0 Å². The van der Waals surface area contributed by atoms with Gasteiger partial charge in [0.2, 0.25) is 0 Å². The topological polar surface area (TPSA) is 71.9 Å². The normalized spacial score (nSPS) is 18.4. The zero-order valence-corrected chi connectivity index (χ0v) is 13.1. The Hall–Kier alpha value is -1.91. The molecule has 1 unspecified atom stereocenters. The molecule has 1 aromatic heterocycles. The Morgan fingerprint density at radius 2 is 1.96 bits per heavy atom. The summed E-state index contributed by atoms with van der Waals surface area (Å²) in [5.41, 5.74) is -4.03. The SMILES string of the molecule is O=[S+](O)(Oc1ccc2ncc(N3CCOCC3)cc2c1)C(F)(F)F. The number of morpholine rings is 1. The zero-order valence-electron chi connectivity index (χ0n) is 12.3. The number of hydrogen-bond donors (Lipinski definition) is 1. The van der Waals surface area contributed by atoms with Gasteiger partial charge in [-0.3, -0.25) is 4.98 Å². The van der Waals surface area contributed by atoms with Crippen LogP contribution in [-0.2, 0) is 19.4 Å². The molecule has 2 aromatic rings. The number of rotatable bonds is 3. The van der Waals surface area contributed by atoms with E-state index >= 15 is 0 Å². The fraction of sp³-hybridized carbons (Fsp3) is 0.357. The molecule has 2 heterocycles. The molecule has 130 valence electrons. The smallest absolute Gasteiger partial charge is 0.378 e. The van der Waals surface area contributed by atoms with Crippen LogP contribution in [-0.4, -0.2) is 41.3 Å². The molecular weight excluding hydrogens is 349 g/mol. The number of aromatic nitrogens is 1. The first kappa shape index (κ1) is 16.9. The first-order chi connectivity index (χ1) is 11.3. The standard InChI is InChI=1S/C14H13F3N2O4S/c15-14(16,17)24(20,21)23-12-1-2-13-10(8-12)7-11(9-18-13)19-3-5-22-6-4-19/h1-2,7-9H,3-6H2/p+1. The van der Waals surface area contributed by atoms with Crippen molar-refractivity contribution in [3.05, 3.63) is 30.5 Å². The molecule has 1 fully saturated rings. The van der Waals surface area contributed by atoms with E-state index in [1.165, 1.54) is 18.2 Å². The summed E-state index contributed by atoms with van der Waals surface area (Å²) in [6.45, 7) is 2.53. The third-order valence-corrected chi connectivity index (χ3v) is 4.52. The van der Waals surface area contributed by atoms with Gasteiger partial charge in [-0.15, -0.1) is 17.7 Å². The van der Waals surface area contributed by atoms with Gasteiger partial charge in [-0.1, -0.05) is 0 Å². The first-order valence-corrected chi connectivity index (χ1v) is 8.45. The van der Waals surface area contributed by atoms with E-state index < -0.39 is 16.0 Å². The van der Waals surface area contributed by atoms with E-state index in [0.29, 0.717) is 37.2 Å². The summed E-state index contributed by atoms with van der Waals surface area (Å²) in [6, 6.07) is 5.60. The van der Waals surface area contributed by atoms with Gasteiger partial charge < -0.3 is 9.64 Å². The molecule has 1 N–H and O–H groups in total. The molecule has 3 rings (SSSR count). The summed E-state index contributed by atoms with van der Waals surface area (Å²) in [5.74, 6) is -0.353. The molecule has 0 amide bonds. The predicted octanol–water partition coefficient (Wildman–Crippen LogP) is 2.86. The second kappa shape index (κ2) is 6.19. The van der Waals surface area contributed by atoms with Crippen LogP contribution in [0.1, 0.15) is 0 Å². The highest BCUT2D eigenvalue weighted by molar-refractivity contribution is 7.94. The highest BCUT2D eigenvalue weighted by Gasteiger charge is 2.63. The molecule has 6 nitrogen and oxygen atoms in total. The van der Waals surface area contributed by atoms with Gasteiger partial charge in [0.15, 0.2) is 5.75 Å². The van der Waals surface area contributed by atoms with Crippen LogP contribution in [0.5, 0.6) is 5.75 Å². The maximum absolute atomic E-state index is 12.5. The van der Waals surface area contributed by atoms with Crippen LogP contribution in [0.3, 0.4) is 0 Å². The fourth-order valence-corrected chi connectivity index (χ4v) is 2.78. The van der Waals surface area contributed by atoms with E-state index in [4.69, 9.17) is 9.29 Å². The van der Waals surface area contributed by atoms with Gasteiger partial charge in [-0.25, -0.2) is 4.18 Å². The number of nitrogens with zero attached hydrogens (tertiary/aromatic N) is 2. The molecule has 0 bridgehead atoms. The number of anilines is 1. The van der Waals surface area contributed by atoms with Crippen LogP contribution in [0.15, 0.2) is 30.5 Å². The van der Waals surface area contributed by atoms with Crippen LogP contribution in [0.2, 0.25) is 0 Å². The van der Waals surface area contributed by atoms with Gasteiger partial charge in [-0.05, 0) is 28.5 Å². The van der Waals surface area contributed by atoms with Crippen molar-refractivity contribution in [3.63, 3.8) is 0 Å². The summed E-state index contributed by atoms with van der Waals surface area (Å²) in [4.78, 5) is 6.28. The van der Waals surface area contributed by atoms with Crippen molar-refractivity contribution < 1.29 is 30.9 Å². The first-order valence-electron chi connectivity index (χ1n) is 7.01. The summed E-state index contributed by atoms with van der Waals surface area (Å²) in [5, 5.41) is 0.508. The second-order valence-electron chi connectivity index (χ2n) is 5.15. The predicted molar refractivity (Wildman–Crippen MR) is 82.1 cm³/mol. The Morgan fingerprint density at radius 3 is 2.62 bits per heavy atom. The van der Waals surface area contributed by atoms with Crippen LogP contribution in [0.4, 0.5) is 18.9 Å². The molecular formula is C14H14F3N2O4S+. The van der Waals surface area contributed by atoms with E-state index in [-0.39, 0.29) is 5.75 Å². The molecule has 0 saturated carbocycles. The van der Waals surface area contributed by atoms with Gasteiger partial charge in [0.05, 0.1) is 30.6 Å². The molecule has 0 aliphatic carbocycles. The lowest BCUT2D eigenvalue weighted by Crippen LogP contribution is -2.36. The fourth-order valence-electron chi connectivity index (χ4n) is 2.32. The summed E-state index contributed by atoms with van der Waals surface area (Å²) >= 11 is 0. The molecule has 1 aromatic carbocycles. The lowest BCUT2D eigenvalue weighted by molar-refractivity contribution is -0.0577. The maximum atomic E-state index is 12.5. The average Bonchev–Trinajstić information content (AvgIpc) is 2.53. The molecule has 24 heavy (non-hydrogen) atoms. The van der Waals surface area contributed by atoms with E-state index in [9.17, 15) is 17.4 Å². The molecule has 1 aliphatic rings. The third kappa shape index (κ3) is 3.45. The Kier molecular flexibility index (Phi) is 4.37. The minimum absolute atomic E-state index is 0.353. The molecule has 1 aliphatic heterocycles. The minimum Gasteiger partial charge on any atom is -0.378 e. The van der Waals surface area contributed by atoms with Gasteiger partial charge in [0.1, 0.15) is 0 Å². The lowest BCUT2D eigenvalue weighted by Gasteiger charge is -2.28. The molecule has 1 saturated heterocycles. The van der Waals surface area contributed by atoms with Crippen LogP contribution in [0, 0.1) is 0 Å². The van der Waals surface area contributed by atoms with Crippen molar-refractivity contribution in [2.75, 3.05) is 31.2 Å². The van der Waals surface area contributed by atoms with E-state index in [1.807, 2.05) is 4.90 Å². The quantitative estimate of drug-likeness (QED) is 0.846. The van der Waals surface area contributed by atoms with E-state index in [0.717, 1.165) is 5.69 Å². The van der Waals surface area contributed by atoms with Crippen LogP contribution >= 0.6 is 0 Å². The number of alkyl halides is 3. The van der Waals surface area contributed by atoms with Crippen LogP contribution < -0.4 is 9.08 Å². The molecule has 0 radical (unpaired) electrons. The number of benzene rings is 1. The molecule has 10 heteroatoms. The van der Waals surface area contributed by atoms with Gasteiger partial charge >= 0.3 is 16.0 Å². The summed E-state index contributed by atoms with van der Waals surface area (Å²) < 4.78 is 67.1. The Morgan fingerprint density at radius 1 is 1.25 bits per heavy atom. The van der Waals surface area contributed by atoms with Crippen molar-refractivity contribution in [1.82, 2.24) is 4.98 Å².